The molecule has 1 fully saturated rings. The Bertz CT molecular complexity index is 513. The second-order valence-electron chi connectivity index (χ2n) is 6.08. The number of hydrogen-bond acceptors (Lipinski definition) is 3. The first-order valence-electron chi connectivity index (χ1n) is 7.92. The van der Waals surface area contributed by atoms with E-state index in [-0.39, 0.29) is 24.8 Å². The predicted molar refractivity (Wildman–Crippen MR) is 86.0 cm³/mol. The third kappa shape index (κ3) is 4.63. The van der Waals surface area contributed by atoms with Crippen molar-refractivity contribution in [1.82, 2.24) is 10.2 Å². The van der Waals surface area contributed by atoms with Crippen molar-refractivity contribution in [2.24, 2.45) is 0 Å². The third-order valence-electron chi connectivity index (χ3n) is 3.60. The Kier molecular flexibility index (Phi) is 5.66. The van der Waals surface area contributed by atoms with Gasteiger partial charge in [-0.15, -0.1) is 0 Å². The standard InChI is InChI=1S/C17H26N2O3/c1-12(2)22-16-10-13(3)4-5-14(16)11-18-17(21)19(8-9-20)15-6-7-15/h4-5,10,12,15,20H,6-9,11H2,1-3H3,(H,18,21). The molecule has 1 aliphatic carbocycles. The summed E-state index contributed by atoms with van der Waals surface area (Å²) >= 11 is 0. The molecule has 1 aromatic rings. The van der Waals surface area contributed by atoms with Gasteiger partial charge in [-0.2, -0.15) is 0 Å². The molecule has 0 heterocycles. The minimum Gasteiger partial charge on any atom is -0.491 e. The van der Waals surface area contributed by atoms with Crippen molar-refractivity contribution >= 4 is 6.03 Å². The average Bonchev–Trinajstić information content (AvgIpc) is 3.27. The smallest absolute Gasteiger partial charge is 0.317 e. The van der Waals surface area contributed by atoms with Crippen molar-refractivity contribution in [2.45, 2.75) is 52.3 Å². The Morgan fingerprint density at radius 3 is 2.77 bits per heavy atom. The van der Waals surface area contributed by atoms with Crippen LogP contribution in [-0.4, -0.2) is 41.3 Å². The SMILES string of the molecule is Cc1ccc(CNC(=O)N(CCO)C2CC2)c(OC(C)C)c1. The van der Waals surface area contributed by atoms with Crippen LogP contribution in [0.2, 0.25) is 0 Å². The summed E-state index contributed by atoms with van der Waals surface area (Å²) in [7, 11) is 0. The average molecular weight is 306 g/mol. The van der Waals surface area contributed by atoms with Crippen LogP contribution in [0.1, 0.15) is 37.8 Å². The van der Waals surface area contributed by atoms with E-state index >= 15 is 0 Å². The number of nitrogens with one attached hydrogen (secondary N) is 1. The lowest BCUT2D eigenvalue weighted by molar-refractivity contribution is 0.173. The van der Waals surface area contributed by atoms with Gasteiger partial charge in [-0.3, -0.25) is 0 Å². The zero-order valence-electron chi connectivity index (χ0n) is 13.6. The van der Waals surface area contributed by atoms with Gasteiger partial charge in [0.15, 0.2) is 0 Å². The van der Waals surface area contributed by atoms with Crippen molar-refractivity contribution in [3.8, 4) is 5.75 Å². The van der Waals surface area contributed by atoms with Crippen LogP contribution in [0.25, 0.3) is 0 Å². The number of rotatable bonds is 7. The summed E-state index contributed by atoms with van der Waals surface area (Å²) in [6.07, 6.45) is 2.15. The molecule has 5 heteroatoms. The summed E-state index contributed by atoms with van der Waals surface area (Å²) in [5, 5.41) is 12.0. The number of aryl methyl sites for hydroxylation is 1. The van der Waals surface area contributed by atoms with E-state index in [1.165, 1.54) is 0 Å². The molecule has 0 spiro atoms. The maximum Gasteiger partial charge on any atom is 0.317 e. The summed E-state index contributed by atoms with van der Waals surface area (Å²) in [6, 6.07) is 6.17. The quantitative estimate of drug-likeness (QED) is 0.813. The molecule has 0 atom stereocenters. The van der Waals surface area contributed by atoms with E-state index in [0.717, 1.165) is 29.7 Å². The topological polar surface area (TPSA) is 61.8 Å². The number of aliphatic hydroxyl groups is 1. The van der Waals surface area contributed by atoms with Crippen LogP contribution in [0.5, 0.6) is 5.75 Å². The van der Waals surface area contributed by atoms with E-state index in [2.05, 4.69) is 5.32 Å². The number of hydrogen-bond donors (Lipinski definition) is 2. The van der Waals surface area contributed by atoms with Crippen LogP contribution in [0.15, 0.2) is 18.2 Å². The molecular formula is C17H26N2O3. The van der Waals surface area contributed by atoms with E-state index in [0.29, 0.717) is 13.1 Å². The van der Waals surface area contributed by atoms with Crippen LogP contribution < -0.4 is 10.1 Å². The molecule has 0 unspecified atom stereocenters. The first-order valence-corrected chi connectivity index (χ1v) is 7.92. The number of carbonyl (C=O) groups is 1. The summed E-state index contributed by atoms with van der Waals surface area (Å²) in [5.74, 6) is 0.815. The summed E-state index contributed by atoms with van der Waals surface area (Å²) in [5.41, 5.74) is 2.10. The molecule has 5 nitrogen and oxygen atoms in total. The van der Waals surface area contributed by atoms with E-state index in [1.807, 2.05) is 39.0 Å². The van der Waals surface area contributed by atoms with Crippen molar-refractivity contribution in [1.29, 1.82) is 0 Å². The number of nitrogens with zero attached hydrogens (tertiary/aromatic N) is 1. The lowest BCUT2D eigenvalue weighted by Crippen LogP contribution is -2.42. The Morgan fingerprint density at radius 1 is 1.45 bits per heavy atom. The molecule has 0 saturated heterocycles. The van der Waals surface area contributed by atoms with Gasteiger partial charge >= 0.3 is 6.03 Å². The first kappa shape index (κ1) is 16.6. The molecule has 2 rings (SSSR count). The highest BCUT2D eigenvalue weighted by Gasteiger charge is 2.32. The largest absolute Gasteiger partial charge is 0.491 e. The van der Waals surface area contributed by atoms with Crippen LogP contribution >= 0.6 is 0 Å². The zero-order chi connectivity index (χ0) is 16.1. The molecule has 0 bridgehead atoms. The van der Waals surface area contributed by atoms with Crippen molar-refractivity contribution in [3.63, 3.8) is 0 Å². The summed E-state index contributed by atoms with van der Waals surface area (Å²) in [4.78, 5) is 14.0. The highest BCUT2D eigenvalue weighted by molar-refractivity contribution is 5.75. The fourth-order valence-corrected chi connectivity index (χ4v) is 2.39. The summed E-state index contributed by atoms with van der Waals surface area (Å²) < 4.78 is 5.82. The molecule has 1 saturated carbocycles. The molecule has 22 heavy (non-hydrogen) atoms. The van der Waals surface area contributed by atoms with Gasteiger partial charge in [0.05, 0.1) is 12.7 Å². The van der Waals surface area contributed by atoms with Crippen LogP contribution in [0, 0.1) is 6.92 Å². The van der Waals surface area contributed by atoms with E-state index in [4.69, 9.17) is 9.84 Å². The van der Waals surface area contributed by atoms with Gasteiger partial charge in [-0.05, 0) is 45.2 Å². The zero-order valence-corrected chi connectivity index (χ0v) is 13.6. The maximum absolute atomic E-state index is 12.3. The molecule has 1 aliphatic rings. The molecule has 0 aliphatic heterocycles. The molecule has 1 aromatic carbocycles. The summed E-state index contributed by atoms with van der Waals surface area (Å²) in [6.45, 7) is 6.80. The minimum atomic E-state index is -0.118. The number of urea groups is 1. The molecular weight excluding hydrogens is 280 g/mol. The van der Waals surface area contributed by atoms with Crippen molar-refractivity contribution in [2.75, 3.05) is 13.2 Å². The monoisotopic (exact) mass is 306 g/mol. The van der Waals surface area contributed by atoms with Crippen molar-refractivity contribution < 1.29 is 14.6 Å². The number of aliphatic hydroxyl groups excluding tert-OH is 1. The van der Waals surface area contributed by atoms with E-state index in [9.17, 15) is 4.79 Å². The number of benzene rings is 1. The molecule has 0 aromatic heterocycles. The van der Waals surface area contributed by atoms with Gasteiger partial charge in [-0.1, -0.05) is 12.1 Å². The van der Waals surface area contributed by atoms with Crippen LogP contribution in [0.4, 0.5) is 4.79 Å². The molecule has 2 N–H and O–H groups in total. The van der Waals surface area contributed by atoms with Gasteiger partial charge in [0, 0.05) is 24.7 Å². The van der Waals surface area contributed by atoms with Gasteiger partial charge in [0.2, 0.25) is 0 Å². The number of ether oxygens (including phenoxy) is 1. The lowest BCUT2D eigenvalue weighted by atomic mass is 10.1. The highest BCUT2D eigenvalue weighted by Crippen LogP contribution is 2.27. The second kappa shape index (κ2) is 7.49. The van der Waals surface area contributed by atoms with Crippen LogP contribution in [-0.2, 0) is 6.54 Å². The van der Waals surface area contributed by atoms with Gasteiger partial charge in [0.25, 0.3) is 0 Å². The Morgan fingerprint density at radius 2 is 2.18 bits per heavy atom. The third-order valence-corrected chi connectivity index (χ3v) is 3.60. The van der Waals surface area contributed by atoms with Gasteiger partial charge in [-0.25, -0.2) is 4.79 Å². The first-order chi connectivity index (χ1) is 10.5. The van der Waals surface area contributed by atoms with Crippen LogP contribution in [0.3, 0.4) is 0 Å². The second-order valence-corrected chi connectivity index (χ2v) is 6.08. The predicted octanol–water partition coefficient (Wildman–Crippen LogP) is 2.45. The fourth-order valence-electron chi connectivity index (χ4n) is 2.39. The van der Waals surface area contributed by atoms with Gasteiger partial charge in [0.1, 0.15) is 5.75 Å². The van der Waals surface area contributed by atoms with E-state index < -0.39 is 0 Å². The Labute approximate surface area is 132 Å². The van der Waals surface area contributed by atoms with E-state index in [1.54, 1.807) is 4.90 Å². The fraction of sp³-hybridized carbons (Fsp3) is 0.588. The lowest BCUT2D eigenvalue weighted by Gasteiger charge is -2.22. The molecule has 0 radical (unpaired) electrons. The maximum atomic E-state index is 12.3. The number of amides is 2. The Hall–Kier alpha value is -1.75. The molecule has 122 valence electrons. The highest BCUT2D eigenvalue weighted by atomic mass is 16.5. The normalized spacial score (nSPS) is 14.0. The van der Waals surface area contributed by atoms with Gasteiger partial charge < -0.3 is 20.1 Å². The Balaban J connectivity index is 1.99. The van der Waals surface area contributed by atoms with Crippen molar-refractivity contribution in [3.05, 3.63) is 29.3 Å². The number of carbonyl (C=O) groups excluding carboxylic acids is 1. The molecule has 2 amide bonds. The minimum absolute atomic E-state index is 0.00381.